The summed E-state index contributed by atoms with van der Waals surface area (Å²) in [6, 6.07) is 1.43. The lowest BCUT2D eigenvalue weighted by molar-refractivity contribution is -0.137. The Balaban J connectivity index is 2.01. The first kappa shape index (κ1) is 20.3. The summed E-state index contributed by atoms with van der Waals surface area (Å²) in [4.78, 5) is 37.4. The molecule has 26 heavy (non-hydrogen) atoms. The predicted octanol–water partition coefficient (Wildman–Crippen LogP) is 0.509. The fourth-order valence-corrected chi connectivity index (χ4v) is 3.34. The van der Waals surface area contributed by atoms with Gasteiger partial charge in [-0.3, -0.25) is 19.1 Å². The van der Waals surface area contributed by atoms with E-state index in [0.717, 1.165) is 17.1 Å². The van der Waals surface area contributed by atoms with Gasteiger partial charge in [-0.15, -0.1) is 0 Å². The molecule has 1 aliphatic heterocycles. The van der Waals surface area contributed by atoms with E-state index in [-0.39, 0.29) is 17.7 Å². The molecule has 2 rings (SSSR count). The number of hydrogen-bond acceptors (Lipinski definition) is 5. The molecule has 0 aromatic carbocycles. The molecule has 1 aromatic rings. The van der Waals surface area contributed by atoms with Crippen LogP contribution in [0.1, 0.15) is 38.1 Å². The molecular formula is C17H27N5O3S. The topological polar surface area (TPSA) is 96.3 Å². The van der Waals surface area contributed by atoms with E-state index in [9.17, 15) is 14.4 Å². The number of aromatic nitrogens is 2. The van der Waals surface area contributed by atoms with Crippen molar-refractivity contribution in [1.82, 2.24) is 25.3 Å². The summed E-state index contributed by atoms with van der Waals surface area (Å²) >= 11 is 1.65. The first-order valence-corrected chi connectivity index (χ1v) is 10.2. The van der Waals surface area contributed by atoms with E-state index in [1.807, 2.05) is 17.0 Å². The molecule has 8 nitrogen and oxygen atoms in total. The summed E-state index contributed by atoms with van der Waals surface area (Å²) in [5, 5.41) is 10.1. The van der Waals surface area contributed by atoms with Gasteiger partial charge in [0.05, 0.1) is 31.0 Å². The van der Waals surface area contributed by atoms with Gasteiger partial charge in [0.2, 0.25) is 17.7 Å². The molecule has 2 heterocycles. The first-order valence-electron chi connectivity index (χ1n) is 8.81. The van der Waals surface area contributed by atoms with E-state index in [2.05, 4.69) is 15.7 Å². The van der Waals surface area contributed by atoms with Crippen molar-refractivity contribution >= 4 is 29.5 Å². The van der Waals surface area contributed by atoms with Crippen LogP contribution in [0.2, 0.25) is 0 Å². The lowest BCUT2D eigenvalue weighted by Gasteiger charge is -2.31. The Labute approximate surface area is 158 Å². The maximum atomic E-state index is 12.8. The number of fused-ring (bicyclic) bond motifs is 1. The Kier molecular flexibility index (Phi) is 7.50. The number of nitrogens with one attached hydrogen (secondary N) is 2. The van der Waals surface area contributed by atoms with Crippen molar-refractivity contribution < 1.29 is 14.4 Å². The maximum absolute atomic E-state index is 12.8. The molecule has 0 saturated carbocycles. The van der Waals surface area contributed by atoms with Crippen molar-refractivity contribution in [2.45, 2.75) is 52.4 Å². The van der Waals surface area contributed by atoms with Crippen LogP contribution in [0.15, 0.2) is 6.07 Å². The number of hydrogen-bond donors (Lipinski definition) is 2. The van der Waals surface area contributed by atoms with Crippen LogP contribution in [-0.4, -0.2) is 57.0 Å². The maximum Gasteiger partial charge on any atom is 0.245 e. The summed E-state index contributed by atoms with van der Waals surface area (Å²) in [6.45, 7) is 5.26. The minimum atomic E-state index is -0.488. The van der Waals surface area contributed by atoms with Crippen LogP contribution in [0.3, 0.4) is 0 Å². The van der Waals surface area contributed by atoms with Crippen LogP contribution in [0, 0.1) is 0 Å². The summed E-state index contributed by atoms with van der Waals surface area (Å²) in [7, 11) is 0. The van der Waals surface area contributed by atoms with Crippen LogP contribution < -0.4 is 10.6 Å². The standard InChI is InChI=1S/C17H27N5O3S/c1-4-16(24)18-10-13-9-14-11-21(6-7-22(14)20-13)17(25)15(5-8-26-3)19-12(2)23/h9,15H,4-8,10-11H2,1-3H3,(H,18,24)(H,19,23)/t15-/m0/s1. The molecule has 0 fully saturated rings. The van der Waals surface area contributed by atoms with Crippen molar-refractivity contribution in [1.29, 1.82) is 0 Å². The molecular weight excluding hydrogens is 354 g/mol. The molecule has 1 aromatic heterocycles. The van der Waals surface area contributed by atoms with E-state index in [4.69, 9.17) is 0 Å². The third kappa shape index (κ3) is 5.48. The van der Waals surface area contributed by atoms with Gasteiger partial charge >= 0.3 is 0 Å². The molecule has 0 aliphatic carbocycles. The Bertz CT molecular complexity index is 661. The highest BCUT2D eigenvalue weighted by Gasteiger charge is 2.28. The number of carbonyl (C=O) groups is 3. The molecule has 0 spiro atoms. The zero-order chi connectivity index (χ0) is 19.1. The molecule has 144 valence electrons. The monoisotopic (exact) mass is 381 g/mol. The van der Waals surface area contributed by atoms with E-state index in [1.165, 1.54) is 6.92 Å². The number of nitrogens with zero attached hydrogens (tertiary/aromatic N) is 3. The number of carbonyl (C=O) groups excluding carboxylic acids is 3. The van der Waals surface area contributed by atoms with Crippen LogP contribution >= 0.6 is 11.8 Å². The van der Waals surface area contributed by atoms with E-state index in [1.54, 1.807) is 23.6 Å². The highest BCUT2D eigenvalue weighted by atomic mass is 32.2. The van der Waals surface area contributed by atoms with Gasteiger partial charge < -0.3 is 15.5 Å². The number of rotatable bonds is 8. The average Bonchev–Trinajstić information content (AvgIpc) is 3.04. The smallest absolute Gasteiger partial charge is 0.245 e. The second-order valence-corrected chi connectivity index (χ2v) is 7.26. The quantitative estimate of drug-likeness (QED) is 0.684. The number of amides is 3. The Morgan fingerprint density at radius 1 is 1.35 bits per heavy atom. The predicted molar refractivity (Wildman–Crippen MR) is 100 cm³/mol. The van der Waals surface area contributed by atoms with Crippen molar-refractivity contribution in [2.75, 3.05) is 18.6 Å². The van der Waals surface area contributed by atoms with Crippen molar-refractivity contribution in [3.63, 3.8) is 0 Å². The van der Waals surface area contributed by atoms with Crippen LogP contribution in [0.25, 0.3) is 0 Å². The largest absolute Gasteiger partial charge is 0.350 e. The molecule has 0 unspecified atom stereocenters. The third-order valence-electron chi connectivity index (χ3n) is 4.23. The van der Waals surface area contributed by atoms with Gasteiger partial charge in [0, 0.05) is 19.9 Å². The van der Waals surface area contributed by atoms with E-state index >= 15 is 0 Å². The SMILES string of the molecule is CCC(=O)NCc1cc2n(n1)CCN(C(=O)[C@H](CCSC)NC(C)=O)C2. The first-order chi connectivity index (χ1) is 12.4. The van der Waals surface area contributed by atoms with Gasteiger partial charge in [-0.2, -0.15) is 16.9 Å². The molecule has 9 heteroatoms. The van der Waals surface area contributed by atoms with Gasteiger partial charge in [0.1, 0.15) is 6.04 Å². The second kappa shape index (κ2) is 9.61. The minimum absolute atomic E-state index is 0.0141. The zero-order valence-electron chi connectivity index (χ0n) is 15.6. The molecule has 0 radical (unpaired) electrons. The molecule has 2 N–H and O–H groups in total. The highest BCUT2D eigenvalue weighted by molar-refractivity contribution is 7.98. The van der Waals surface area contributed by atoms with Gasteiger partial charge in [0.25, 0.3) is 0 Å². The fourth-order valence-electron chi connectivity index (χ4n) is 2.87. The minimum Gasteiger partial charge on any atom is -0.350 e. The molecule has 0 bridgehead atoms. The highest BCUT2D eigenvalue weighted by Crippen LogP contribution is 2.16. The second-order valence-electron chi connectivity index (χ2n) is 6.27. The lowest BCUT2D eigenvalue weighted by Crippen LogP contribution is -2.50. The Morgan fingerprint density at radius 3 is 2.77 bits per heavy atom. The van der Waals surface area contributed by atoms with Crippen LogP contribution in [0.5, 0.6) is 0 Å². The van der Waals surface area contributed by atoms with Gasteiger partial charge in [-0.05, 0) is 24.5 Å². The third-order valence-corrected chi connectivity index (χ3v) is 4.88. The molecule has 1 atom stereocenters. The summed E-state index contributed by atoms with van der Waals surface area (Å²) in [5.41, 5.74) is 1.73. The lowest BCUT2D eigenvalue weighted by atomic mass is 10.1. The fraction of sp³-hybridized carbons (Fsp3) is 0.647. The summed E-state index contributed by atoms with van der Waals surface area (Å²) in [5.74, 6) is 0.548. The van der Waals surface area contributed by atoms with E-state index in [0.29, 0.717) is 39.0 Å². The van der Waals surface area contributed by atoms with Crippen LogP contribution in [0.4, 0.5) is 0 Å². The van der Waals surface area contributed by atoms with Crippen LogP contribution in [-0.2, 0) is 34.0 Å². The summed E-state index contributed by atoms with van der Waals surface area (Å²) in [6.07, 6.45) is 3.04. The molecule has 3 amide bonds. The molecule has 1 aliphatic rings. The Hall–Kier alpha value is -2.03. The Morgan fingerprint density at radius 2 is 2.12 bits per heavy atom. The zero-order valence-corrected chi connectivity index (χ0v) is 16.4. The normalized spacial score (nSPS) is 14.5. The average molecular weight is 382 g/mol. The van der Waals surface area contributed by atoms with E-state index < -0.39 is 6.04 Å². The van der Waals surface area contributed by atoms with Gasteiger partial charge in [0.15, 0.2) is 0 Å². The summed E-state index contributed by atoms with van der Waals surface area (Å²) < 4.78 is 1.88. The molecule has 0 saturated heterocycles. The van der Waals surface area contributed by atoms with Gasteiger partial charge in [-0.25, -0.2) is 0 Å². The van der Waals surface area contributed by atoms with Crippen molar-refractivity contribution in [3.05, 3.63) is 17.5 Å². The van der Waals surface area contributed by atoms with Crippen molar-refractivity contribution in [3.8, 4) is 0 Å². The van der Waals surface area contributed by atoms with Crippen molar-refractivity contribution in [2.24, 2.45) is 0 Å². The van der Waals surface area contributed by atoms with Gasteiger partial charge in [-0.1, -0.05) is 6.92 Å². The number of thioether (sulfide) groups is 1.